The van der Waals surface area contributed by atoms with Gasteiger partial charge in [-0.05, 0) is 46.5 Å². The molecule has 1 aliphatic heterocycles. The van der Waals surface area contributed by atoms with E-state index in [0.29, 0.717) is 17.1 Å². The van der Waals surface area contributed by atoms with Crippen molar-refractivity contribution in [3.05, 3.63) is 119 Å². The van der Waals surface area contributed by atoms with Crippen LogP contribution in [0.15, 0.2) is 94.4 Å². The number of imide groups is 1. The van der Waals surface area contributed by atoms with E-state index in [9.17, 15) is 19.5 Å². The minimum Gasteiger partial charge on any atom is -0.478 e. The Morgan fingerprint density at radius 1 is 0.784 bits per heavy atom. The number of carbonyl (C=O) groups is 3. The Balaban J connectivity index is 1.21. The van der Waals surface area contributed by atoms with Gasteiger partial charge in [-0.3, -0.25) is 9.59 Å². The first-order valence-electron chi connectivity index (χ1n) is 12.1. The first kappa shape index (κ1) is 21.5. The second kappa shape index (κ2) is 7.86. The molecule has 0 unspecified atom stereocenters. The van der Waals surface area contributed by atoms with Crippen molar-refractivity contribution in [2.24, 2.45) is 16.9 Å². The third-order valence-corrected chi connectivity index (χ3v) is 7.75. The maximum atomic E-state index is 13.6. The summed E-state index contributed by atoms with van der Waals surface area (Å²) in [5, 5.41) is 14.5. The number of carboxylic acid groups (broad SMARTS) is 1. The standard InChI is InChI=1S/C30H20N2O5/c33-28-26-24-19-8-1-2-9-20(19)25(22-11-4-3-10-21(22)24)27(26)29(34)32(28)31-15-18-12-13-23(37-18)16-6-5-7-17(14-16)30(35)36/h1-15,24-27H,(H,35,36)/b31-15-/t24?,25?,26-,27+. The predicted molar refractivity (Wildman–Crippen MR) is 134 cm³/mol. The van der Waals surface area contributed by atoms with Gasteiger partial charge in [-0.2, -0.15) is 10.1 Å². The van der Waals surface area contributed by atoms with E-state index in [1.165, 1.54) is 18.3 Å². The van der Waals surface area contributed by atoms with Crippen LogP contribution in [0.2, 0.25) is 0 Å². The normalized spacial score (nSPS) is 23.3. The van der Waals surface area contributed by atoms with Gasteiger partial charge >= 0.3 is 5.97 Å². The van der Waals surface area contributed by atoms with Gasteiger partial charge in [0, 0.05) is 17.4 Å². The zero-order valence-electron chi connectivity index (χ0n) is 19.4. The summed E-state index contributed by atoms with van der Waals surface area (Å²) in [7, 11) is 0. The van der Waals surface area contributed by atoms with Crippen LogP contribution < -0.4 is 0 Å². The Kier molecular flexibility index (Phi) is 4.57. The van der Waals surface area contributed by atoms with Gasteiger partial charge in [0.2, 0.25) is 0 Å². The lowest BCUT2D eigenvalue weighted by Gasteiger charge is -2.45. The number of carboxylic acids is 1. The fourth-order valence-corrected chi connectivity index (χ4v) is 6.27. The first-order chi connectivity index (χ1) is 18.0. The van der Waals surface area contributed by atoms with Gasteiger partial charge in [-0.25, -0.2) is 4.79 Å². The average molecular weight is 488 g/mol. The van der Waals surface area contributed by atoms with Crippen LogP contribution in [0.5, 0.6) is 0 Å². The number of hydrazone groups is 1. The summed E-state index contributed by atoms with van der Waals surface area (Å²) in [5.41, 5.74) is 5.19. The second-order valence-corrected chi connectivity index (χ2v) is 9.59. The topological polar surface area (TPSA) is 100 Å². The second-order valence-electron chi connectivity index (χ2n) is 9.59. The highest BCUT2D eigenvalue weighted by Crippen LogP contribution is 2.60. The van der Waals surface area contributed by atoms with Crippen LogP contribution in [0.3, 0.4) is 0 Å². The Morgan fingerprint density at radius 2 is 1.35 bits per heavy atom. The predicted octanol–water partition coefficient (Wildman–Crippen LogP) is 4.87. The molecule has 3 aliphatic carbocycles. The van der Waals surface area contributed by atoms with Gasteiger partial charge in [-0.1, -0.05) is 60.7 Å². The Bertz CT molecular complexity index is 1540. The summed E-state index contributed by atoms with van der Waals surface area (Å²) in [4.78, 5) is 38.5. The zero-order chi connectivity index (χ0) is 25.3. The zero-order valence-corrected chi connectivity index (χ0v) is 19.4. The highest BCUT2D eigenvalue weighted by Gasteiger charge is 2.61. The van der Waals surface area contributed by atoms with Crippen LogP contribution in [0.4, 0.5) is 0 Å². The molecule has 2 amide bonds. The van der Waals surface area contributed by atoms with Gasteiger partial charge in [0.05, 0.1) is 23.6 Å². The lowest BCUT2D eigenvalue weighted by atomic mass is 9.55. The monoisotopic (exact) mass is 488 g/mol. The number of aromatic carboxylic acids is 1. The molecular weight excluding hydrogens is 468 g/mol. The summed E-state index contributed by atoms with van der Waals surface area (Å²) >= 11 is 0. The third-order valence-electron chi connectivity index (χ3n) is 7.75. The maximum Gasteiger partial charge on any atom is 0.335 e. The highest BCUT2D eigenvalue weighted by molar-refractivity contribution is 6.08. The molecule has 2 bridgehead atoms. The fourth-order valence-electron chi connectivity index (χ4n) is 6.27. The summed E-state index contributed by atoms with van der Waals surface area (Å²) in [6.45, 7) is 0. The first-order valence-corrected chi connectivity index (χ1v) is 12.1. The number of amides is 2. The maximum absolute atomic E-state index is 13.6. The number of carbonyl (C=O) groups excluding carboxylic acids is 2. The SMILES string of the molecule is O=C(O)c1cccc(-c2ccc(/C=N\N3C(=O)[C@@H]4C5c6ccccc6C(c6ccccc65)[C@@H]4C3=O)o2)c1. The molecule has 1 N–H and O–H groups in total. The molecule has 37 heavy (non-hydrogen) atoms. The van der Waals surface area contributed by atoms with Crippen molar-refractivity contribution < 1.29 is 23.9 Å². The molecule has 1 saturated heterocycles. The lowest BCUT2D eigenvalue weighted by Crippen LogP contribution is -2.41. The van der Waals surface area contributed by atoms with E-state index in [-0.39, 0.29) is 29.2 Å². The molecule has 3 aromatic carbocycles. The third kappa shape index (κ3) is 3.07. The fraction of sp³-hybridized carbons (Fsp3) is 0.133. The molecule has 1 aromatic heterocycles. The van der Waals surface area contributed by atoms with Gasteiger partial charge < -0.3 is 9.52 Å². The van der Waals surface area contributed by atoms with E-state index in [1.807, 2.05) is 24.3 Å². The smallest absolute Gasteiger partial charge is 0.335 e. The number of hydrogen-bond acceptors (Lipinski definition) is 5. The van der Waals surface area contributed by atoms with E-state index < -0.39 is 17.8 Å². The molecule has 8 rings (SSSR count). The van der Waals surface area contributed by atoms with E-state index >= 15 is 0 Å². The quantitative estimate of drug-likeness (QED) is 0.326. The van der Waals surface area contributed by atoms with Gasteiger partial charge in [0.25, 0.3) is 11.8 Å². The van der Waals surface area contributed by atoms with Crippen LogP contribution in [0.25, 0.3) is 11.3 Å². The molecule has 4 aromatic rings. The van der Waals surface area contributed by atoms with E-state index in [1.54, 1.807) is 24.3 Å². The molecule has 1 fully saturated rings. The van der Waals surface area contributed by atoms with E-state index in [2.05, 4.69) is 29.4 Å². The molecule has 7 heteroatoms. The van der Waals surface area contributed by atoms with Gasteiger partial charge in [0.15, 0.2) is 0 Å². The molecule has 180 valence electrons. The number of furan rings is 1. The molecule has 0 radical (unpaired) electrons. The van der Waals surface area contributed by atoms with Crippen LogP contribution in [-0.2, 0) is 9.59 Å². The van der Waals surface area contributed by atoms with Crippen molar-refractivity contribution in [2.75, 3.05) is 0 Å². The molecule has 4 aliphatic rings. The Labute approximate surface area is 211 Å². The largest absolute Gasteiger partial charge is 0.478 e. The van der Waals surface area contributed by atoms with E-state index in [0.717, 1.165) is 27.3 Å². The Morgan fingerprint density at radius 3 is 1.89 bits per heavy atom. The minimum absolute atomic E-state index is 0.150. The molecule has 2 heterocycles. The number of benzene rings is 3. The van der Waals surface area contributed by atoms with Crippen molar-refractivity contribution in [3.63, 3.8) is 0 Å². The summed E-state index contributed by atoms with van der Waals surface area (Å²) in [6, 6.07) is 25.9. The number of hydrogen-bond donors (Lipinski definition) is 1. The number of rotatable bonds is 4. The lowest BCUT2D eigenvalue weighted by molar-refractivity contribution is -0.139. The van der Waals surface area contributed by atoms with Gasteiger partial charge in [-0.15, -0.1) is 0 Å². The molecule has 0 saturated carbocycles. The molecule has 7 nitrogen and oxygen atoms in total. The molecule has 2 atom stereocenters. The Hall–Kier alpha value is -4.78. The summed E-state index contributed by atoms with van der Waals surface area (Å²) in [5.74, 6) is -2.18. The van der Waals surface area contributed by atoms with Crippen LogP contribution in [0, 0.1) is 11.8 Å². The van der Waals surface area contributed by atoms with Crippen molar-refractivity contribution in [3.8, 4) is 11.3 Å². The van der Waals surface area contributed by atoms with Crippen LogP contribution in [0.1, 0.15) is 50.2 Å². The minimum atomic E-state index is -1.03. The highest BCUT2D eigenvalue weighted by atomic mass is 16.4. The summed E-state index contributed by atoms with van der Waals surface area (Å²) < 4.78 is 5.82. The van der Waals surface area contributed by atoms with Crippen LogP contribution in [-0.4, -0.2) is 34.1 Å². The van der Waals surface area contributed by atoms with Crippen molar-refractivity contribution in [1.29, 1.82) is 0 Å². The van der Waals surface area contributed by atoms with Crippen molar-refractivity contribution >= 4 is 24.0 Å². The van der Waals surface area contributed by atoms with Gasteiger partial charge in [0.1, 0.15) is 11.5 Å². The van der Waals surface area contributed by atoms with Crippen molar-refractivity contribution in [2.45, 2.75) is 11.8 Å². The summed E-state index contributed by atoms with van der Waals surface area (Å²) in [6.07, 6.45) is 1.36. The number of nitrogens with zero attached hydrogens (tertiary/aromatic N) is 2. The van der Waals surface area contributed by atoms with Crippen molar-refractivity contribution in [1.82, 2.24) is 5.01 Å². The average Bonchev–Trinajstić information content (AvgIpc) is 3.50. The van der Waals surface area contributed by atoms with E-state index in [4.69, 9.17) is 4.42 Å². The molecular formula is C30H20N2O5. The molecule has 0 spiro atoms. The van der Waals surface area contributed by atoms with Crippen LogP contribution >= 0.6 is 0 Å².